The highest BCUT2D eigenvalue weighted by atomic mass is 16.5. The van der Waals surface area contributed by atoms with Gasteiger partial charge in [0, 0.05) is 31.9 Å². The minimum Gasteiger partial charge on any atom is -0.494 e. The molecule has 0 radical (unpaired) electrons. The minimum absolute atomic E-state index is 0.613. The van der Waals surface area contributed by atoms with Crippen molar-refractivity contribution in [3.63, 3.8) is 0 Å². The van der Waals surface area contributed by atoms with Crippen molar-refractivity contribution >= 4 is 5.69 Å². The third-order valence-corrected chi connectivity index (χ3v) is 3.20. The molecule has 0 amide bonds. The lowest BCUT2D eigenvalue weighted by atomic mass is 10.1. The van der Waals surface area contributed by atoms with E-state index in [4.69, 9.17) is 4.74 Å². The Morgan fingerprint density at radius 3 is 2.72 bits per heavy atom. The van der Waals surface area contributed by atoms with Crippen molar-refractivity contribution in [2.75, 3.05) is 32.6 Å². The van der Waals surface area contributed by atoms with Gasteiger partial charge in [-0.05, 0) is 38.4 Å². The smallest absolute Gasteiger partial charge is 0.121 e. The Hall–Kier alpha value is -1.22. The molecule has 0 aliphatic carbocycles. The van der Waals surface area contributed by atoms with Crippen LogP contribution >= 0.6 is 0 Å². The molecule has 3 nitrogen and oxygen atoms in total. The molecule has 0 fully saturated rings. The molecule has 0 spiro atoms. The van der Waals surface area contributed by atoms with Crippen molar-refractivity contribution in [2.45, 2.75) is 32.2 Å². The number of rotatable bonds is 8. The highest BCUT2D eigenvalue weighted by molar-refractivity contribution is 5.49. The number of hydrogen-bond donors (Lipinski definition) is 1. The monoisotopic (exact) mass is 250 g/mol. The maximum atomic E-state index is 5.78. The van der Waals surface area contributed by atoms with Gasteiger partial charge in [0.25, 0.3) is 0 Å². The van der Waals surface area contributed by atoms with E-state index in [2.05, 4.69) is 29.3 Å². The molecule has 0 aliphatic heterocycles. The van der Waals surface area contributed by atoms with Crippen molar-refractivity contribution in [3.05, 3.63) is 24.3 Å². The Labute approximate surface area is 111 Å². The average Bonchev–Trinajstić information content (AvgIpc) is 2.39. The molecule has 1 rings (SSSR count). The topological polar surface area (TPSA) is 24.5 Å². The fraction of sp³-hybridized carbons (Fsp3) is 0.600. The van der Waals surface area contributed by atoms with Gasteiger partial charge < -0.3 is 15.0 Å². The third-order valence-electron chi connectivity index (χ3n) is 3.20. The molecule has 1 aromatic rings. The van der Waals surface area contributed by atoms with Crippen molar-refractivity contribution in [1.82, 2.24) is 5.32 Å². The van der Waals surface area contributed by atoms with Crippen LogP contribution in [-0.4, -0.2) is 33.8 Å². The molecule has 0 bridgehead atoms. The maximum absolute atomic E-state index is 5.78. The Morgan fingerprint density at radius 2 is 2.11 bits per heavy atom. The summed E-state index contributed by atoms with van der Waals surface area (Å²) in [5.41, 5.74) is 1.18. The van der Waals surface area contributed by atoms with Gasteiger partial charge in [0.2, 0.25) is 0 Å². The van der Waals surface area contributed by atoms with Crippen LogP contribution in [0.25, 0.3) is 0 Å². The van der Waals surface area contributed by atoms with Gasteiger partial charge >= 0.3 is 0 Å². The summed E-state index contributed by atoms with van der Waals surface area (Å²) in [6.45, 7) is 3.00. The molecule has 0 aromatic heterocycles. The van der Waals surface area contributed by atoms with E-state index in [1.54, 1.807) is 0 Å². The lowest BCUT2D eigenvalue weighted by molar-refractivity contribution is 0.296. The Morgan fingerprint density at radius 1 is 1.33 bits per heavy atom. The molecule has 0 aliphatic rings. The van der Waals surface area contributed by atoms with Crippen molar-refractivity contribution < 1.29 is 4.74 Å². The summed E-state index contributed by atoms with van der Waals surface area (Å²) in [7, 11) is 6.10. The summed E-state index contributed by atoms with van der Waals surface area (Å²) in [6.07, 6.45) is 3.43. The van der Waals surface area contributed by atoms with E-state index in [0.29, 0.717) is 6.04 Å². The summed E-state index contributed by atoms with van der Waals surface area (Å²) >= 11 is 0. The van der Waals surface area contributed by atoms with Gasteiger partial charge in [0.1, 0.15) is 5.75 Å². The second kappa shape index (κ2) is 7.98. The molecule has 18 heavy (non-hydrogen) atoms. The molecule has 1 unspecified atom stereocenters. The van der Waals surface area contributed by atoms with E-state index in [9.17, 15) is 0 Å². The van der Waals surface area contributed by atoms with Crippen LogP contribution < -0.4 is 15.0 Å². The normalized spacial score (nSPS) is 12.2. The Balaban J connectivity index is 2.33. The zero-order chi connectivity index (χ0) is 13.4. The van der Waals surface area contributed by atoms with E-state index < -0.39 is 0 Å². The van der Waals surface area contributed by atoms with Crippen LogP contribution in [0.4, 0.5) is 5.69 Å². The molecule has 1 atom stereocenters. The van der Waals surface area contributed by atoms with Crippen LogP contribution in [0.1, 0.15) is 26.2 Å². The molecular weight excluding hydrogens is 224 g/mol. The van der Waals surface area contributed by atoms with Gasteiger partial charge in [0.15, 0.2) is 0 Å². The van der Waals surface area contributed by atoms with E-state index in [-0.39, 0.29) is 0 Å². The number of anilines is 1. The molecule has 1 aromatic carbocycles. The number of hydrogen-bond acceptors (Lipinski definition) is 3. The molecular formula is C15H26N2O. The van der Waals surface area contributed by atoms with E-state index in [0.717, 1.165) is 18.8 Å². The van der Waals surface area contributed by atoms with Crippen LogP contribution in [0.2, 0.25) is 0 Å². The summed E-state index contributed by atoms with van der Waals surface area (Å²) in [4.78, 5) is 2.08. The van der Waals surface area contributed by atoms with Crippen LogP contribution in [0.15, 0.2) is 24.3 Å². The third kappa shape index (κ3) is 4.96. The summed E-state index contributed by atoms with van der Waals surface area (Å²) in [5.74, 6) is 0.957. The first kappa shape index (κ1) is 14.8. The minimum atomic E-state index is 0.613. The molecule has 0 heterocycles. The van der Waals surface area contributed by atoms with Gasteiger partial charge in [-0.15, -0.1) is 0 Å². The first-order chi connectivity index (χ1) is 8.67. The van der Waals surface area contributed by atoms with Crippen molar-refractivity contribution in [1.29, 1.82) is 0 Å². The fourth-order valence-corrected chi connectivity index (χ4v) is 1.92. The maximum Gasteiger partial charge on any atom is 0.121 e. The van der Waals surface area contributed by atoms with Gasteiger partial charge in [-0.3, -0.25) is 0 Å². The number of benzene rings is 1. The van der Waals surface area contributed by atoms with Crippen LogP contribution in [-0.2, 0) is 0 Å². The standard InChI is InChI=1S/C15H26N2O/c1-5-13(16-2)8-7-11-18-15-10-6-9-14(12-15)17(3)4/h6,9-10,12-13,16H,5,7-8,11H2,1-4H3. The summed E-state index contributed by atoms with van der Waals surface area (Å²) in [6, 6.07) is 8.83. The van der Waals surface area contributed by atoms with Gasteiger partial charge in [0.05, 0.1) is 6.61 Å². The molecule has 0 saturated carbocycles. The second-order valence-electron chi connectivity index (χ2n) is 4.78. The average molecular weight is 250 g/mol. The summed E-state index contributed by atoms with van der Waals surface area (Å²) < 4.78 is 5.78. The fourth-order valence-electron chi connectivity index (χ4n) is 1.92. The van der Waals surface area contributed by atoms with E-state index in [1.165, 1.54) is 18.5 Å². The highest BCUT2D eigenvalue weighted by Gasteiger charge is 2.03. The lowest BCUT2D eigenvalue weighted by Gasteiger charge is -2.15. The number of nitrogens with zero attached hydrogens (tertiary/aromatic N) is 1. The van der Waals surface area contributed by atoms with Crippen LogP contribution in [0.5, 0.6) is 5.75 Å². The number of nitrogens with one attached hydrogen (secondary N) is 1. The van der Waals surface area contributed by atoms with Gasteiger partial charge in [-0.25, -0.2) is 0 Å². The lowest BCUT2D eigenvalue weighted by Crippen LogP contribution is -2.24. The quantitative estimate of drug-likeness (QED) is 0.718. The second-order valence-corrected chi connectivity index (χ2v) is 4.78. The largest absolute Gasteiger partial charge is 0.494 e. The molecule has 3 heteroatoms. The van der Waals surface area contributed by atoms with Crippen LogP contribution in [0, 0.1) is 0 Å². The first-order valence-electron chi connectivity index (χ1n) is 6.74. The number of ether oxygens (including phenoxy) is 1. The van der Waals surface area contributed by atoms with Gasteiger partial charge in [-0.2, -0.15) is 0 Å². The predicted octanol–water partition coefficient (Wildman–Crippen LogP) is 2.91. The van der Waals surface area contributed by atoms with E-state index in [1.807, 2.05) is 33.3 Å². The van der Waals surface area contributed by atoms with E-state index >= 15 is 0 Å². The SMILES string of the molecule is CCC(CCCOc1cccc(N(C)C)c1)NC. The van der Waals surface area contributed by atoms with Gasteiger partial charge in [-0.1, -0.05) is 13.0 Å². The molecule has 1 N–H and O–H groups in total. The Bertz CT molecular complexity index is 335. The Kier molecular flexibility index (Phi) is 6.58. The van der Waals surface area contributed by atoms with Crippen LogP contribution in [0.3, 0.4) is 0 Å². The zero-order valence-electron chi connectivity index (χ0n) is 12.1. The summed E-state index contributed by atoms with van der Waals surface area (Å²) in [5, 5.41) is 3.31. The first-order valence-corrected chi connectivity index (χ1v) is 6.74. The predicted molar refractivity (Wildman–Crippen MR) is 78.6 cm³/mol. The molecule has 0 saturated heterocycles. The highest BCUT2D eigenvalue weighted by Crippen LogP contribution is 2.19. The molecule has 102 valence electrons. The zero-order valence-corrected chi connectivity index (χ0v) is 12.1. The van der Waals surface area contributed by atoms with Crippen molar-refractivity contribution in [2.24, 2.45) is 0 Å². The van der Waals surface area contributed by atoms with Crippen molar-refractivity contribution in [3.8, 4) is 5.75 Å².